The topological polar surface area (TPSA) is 68.1 Å². The van der Waals surface area contributed by atoms with E-state index in [9.17, 15) is 9.59 Å². The lowest BCUT2D eigenvalue weighted by molar-refractivity contribution is -0.133. The molecule has 1 aliphatic rings. The van der Waals surface area contributed by atoms with Gasteiger partial charge in [-0.05, 0) is 36.8 Å². The molecule has 3 heterocycles. The van der Waals surface area contributed by atoms with Crippen molar-refractivity contribution < 1.29 is 4.79 Å². The van der Waals surface area contributed by atoms with E-state index in [0.29, 0.717) is 16.8 Å². The number of amides is 1. The second-order valence-corrected chi connectivity index (χ2v) is 7.60. The van der Waals surface area contributed by atoms with Gasteiger partial charge in [0, 0.05) is 13.1 Å². The third-order valence-electron chi connectivity index (χ3n) is 5.32. The van der Waals surface area contributed by atoms with Gasteiger partial charge >= 0.3 is 0 Å². The summed E-state index contributed by atoms with van der Waals surface area (Å²) in [5, 5.41) is 0.604. The van der Waals surface area contributed by atoms with Crippen LogP contribution in [0.1, 0.15) is 18.4 Å². The zero-order chi connectivity index (χ0) is 19.5. The van der Waals surface area contributed by atoms with Crippen molar-refractivity contribution in [3.63, 3.8) is 0 Å². The molecule has 7 heteroatoms. The van der Waals surface area contributed by atoms with Crippen LogP contribution in [0.5, 0.6) is 0 Å². The molecule has 28 heavy (non-hydrogen) atoms. The number of piperidine rings is 1. The number of hydrogen-bond donors (Lipinski definition) is 0. The van der Waals surface area contributed by atoms with E-state index in [1.54, 1.807) is 0 Å². The molecule has 6 nitrogen and oxygen atoms in total. The molecule has 0 aliphatic carbocycles. The first-order chi connectivity index (χ1) is 13.6. The maximum atomic E-state index is 12.7. The Hall–Kier alpha value is -2.73. The first kappa shape index (κ1) is 18.6. The van der Waals surface area contributed by atoms with E-state index in [0.717, 1.165) is 32.4 Å². The van der Waals surface area contributed by atoms with Gasteiger partial charge in [0.15, 0.2) is 0 Å². The van der Waals surface area contributed by atoms with Crippen molar-refractivity contribution in [3.8, 4) is 0 Å². The van der Waals surface area contributed by atoms with Gasteiger partial charge in [0.1, 0.15) is 11.7 Å². The second kappa shape index (κ2) is 8.10. The van der Waals surface area contributed by atoms with Crippen LogP contribution in [0.25, 0.3) is 10.9 Å². The highest BCUT2D eigenvalue weighted by molar-refractivity contribution is 6.30. The predicted octanol–water partition coefficient (Wildman–Crippen LogP) is 2.93. The summed E-state index contributed by atoms with van der Waals surface area (Å²) in [5.74, 6) is 0.535. The number of carbonyl (C=O) groups excluding carboxylic acids is 1. The first-order valence-electron chi connectivity index (χ1n) is 9.42. The summed E-state index contributed by atoms with van der Waals surface area (Å²) in [6.07, 6.45) is 5.87. The molecule has 2 aromatic heterocycles. The van der Waals surface area contributed by atoms with Crippen molar-refractivity contribution in [2.45, 2.75) is 25.8 Å². The Bertz CT molecular complexity index is 1040. The number of nitrogens with zero attached hydrogens (tertiary/aromatic N) is 4. The van der Waals surface area contributed by atoms with Crippen LogP contribution in [0.15, 0.2) is 53.7 Å². The van der Waals surface area contributed by atoms with E-state index in [4.69, 9.17) is 11.6 Å². The lowest BCUT2D eigenvalue weighted by Gasteiger charge is -2.32. The van der Waals surface area contributed by atoms with Gasteiger partial charge in [-0.15, -0.1) is 0 Å². The number of aromatic nitrogens is 3. The van der Waals surface area contributed by atoms with Crippen molar-refractivity contribution in [1.29, 1.82) is 0 Å². The molecule has 0 atom stereocenters. The first-order valence-corrected chi connectivity index (χ1v) is 9.80. The van der Waals surface area contributed by atoms with Crippen LogP contribution < -0.4 is 5.56 Å². The summed E-state index contributed by atoms with van der Waals surface area (Å²) >= 11 is 5.88. The minimum absolute atomic E-state index is 0.00886. The molecule has 0 radical (unpaired) electrons. The molecule has 4 rings (SSSR count). The zero-order valence-electron chi connectivity index (χ0n) is 15.4. The van der Waals surface area contributed by atoms with E-state index in [1.165, 1.54) is 28.7 Å². The highest BCUT2D eigenvalue weighted by Crippen LogP contribution is 2.22. The van der Waals surface area contributed by atoms with Crippen molar-refractivity contribution in [1.82, 2.24) is 19.4 Å². The fourth-order valence-electron chi connectivity index (χ4n) is 3.73. The number of pyridine rings is 1. The summed E-state index contributed by atoms with van der Waals surface area (Å²) < 4.78 is 1.34. The molecular formula is C21H21ClN4O2. The molecule has 3 aromatic rings. The van der Waals surface area contributed by atoms with Crippen LogP contribution in [0, 0.1) is 5.92 Å². The largest absolute Gasteiger partial charge is 0.341 e. The fourth-order valence-corrected chi connectivity index (χ4v) is 3.89. The molecule has 1 fully saturated rings. The average Bonchev–Trinajstić information content (AvgIpc) is 2.72. The molecule has 1 amide bonds. The van der Waals surface area contributed by atoms with Crippen LogP contribution >= 0.6 is 11.6 Å². The smallest absolute Gasteiger partial charge is 0.261 e. The molecule has 0 unspecified atom stereocenters. The van der Waals surface area contributed by atoms with Crippen molar-refractivity contribution >= 4 is 28.4 Å². The van der Waals surface area contributed by atoms with Gasteiger partial charge in [-0.2, -0.15) is 0 Å². The Kier molecular flexibility index (Phi) is 5.39. The quantitative estimate of drug-likeness (QED) is 0.636. The Morgan fingerprint density at radius 1 is 1.14 bits per heavy atom. The Labute approximate surface area is 167 Å². The van der Waals surface area contributed by atoms with Gasteiger partial charge in [-0.3, -0.25) is 14.2 Å². The van der Waals surface area contributed by atoms with Crippen LogP contribution in [0.4, 0.5) is 0 Å². The summed E-state index contributed by atoms with van der Waals surface area (Å²) in [6, 6.07) is 11.9. The third kappa shape index (κ3) is 4.07. The number of hydrogen-bond acceptors (Lipinski definition) is 4. The number of halogens is 1. The molecule has 1 aliphatic heterocycles. The number of fused-ring (bicyclic) bond motifs is 1. The van der Waals surface area contributed by atoms with E-state index < -0.39 is 0 Å². The van der Waals surface area contributed by atoms with E-state index in [2.05, 4.69) is 34.2 Å². The monoisotopic (exact) mass is 396 g/mol. The van der Waals surface area contributed by atoms with Crippen LogP contribution in [-0.4, -0.2) is 38.4 Å². The minimum atomic E-state index is -0.276. The highest BCUT2D eigenvalue weighted by atomic mass is 35.5. The summed E-state index contributed by atoms with van der Waals surface area (Å²) in [5.41, 5.74) is 1.54. The zero-order valence-corrected chi connectivity index (χ0v) is 16.2. The molecular weight excluding hydrogens is 376 g/mol. The number of benzene rings is 1. The Balaban J connectivity index is 1.39. The third-order valence-corrected chi connectivity index (χ3v) is 5.52. The predicted molar refractivity (Wildman–Crippen MR) is 108 cm³/mol. The standard InChI is InChI=1S/C21H21ClN4O2/c22-19-11-17-18(12-23-19)24-14-26(21(17)28)13-20(27)25-8-6-16(7-9-25)10-15-4-2-1-3-5-15/h1-5,11-12,14,16H,6-10,13H2. The van der Waals surface area contributed by atoms with Crippen LogP contribution in [-0.2, 0) is 17.8 Å². The van der Waals surface area contributed by atoms with Gasteiger partial charge in [0.2, 0.25) is 5.91 Å². The molecule has 0 saturated carbocycles. The van der Waals surface area contributed by atoms with E-state index in [-0.39, 0.29) is 23.2 Å². The highest BCUT2D eigenvalue weighted by Gasteiger charge is 2.23. The van der Waals surface area contributed by atoms with Crippen molar-refractivity contribution in [3.05, 3.63) is 70.0 Å². The van der Waals surface area contributed by atoms with Gasteiger partial charge < -0.3 is 4.90 Å². The van der Waals surface area contributed by atoms with Crippen molar-refractivity contribution in [2.75, 3.05) is 13.1 Å². The van der Waals surface area contributed by atoms with Crippen LogP contribution in [0.3, 0.4) is 0 Å². The second-order valence-electron chi connectivity index (χ2n) is 7.22. The summed E-state index contributed by atoms with van der Waals surface area (Å²) in [6.45, 7) is 1.44. The van der Waals surface area contributed by atoms with Gasteiger partial charge in [-0.25, -0.2) is 9.97 Å². The number of rotatable bonds is 4. The number of carbonyl (C=O) groups is 1. The maximum absolute atomic E-state index is 12.7. The lowest BCUT2D eigenvalue weighted by atomic mass is 9.90. The molecule has 1 saturated heterocycles. The van der Waals surface area contributed by atoms with Gasteiger partial charge in [0.05, 0.1) is 23.4 Å². The van der Waals surface area contributed by atoms with Gasteiger partial charge in [0.25, 0.3) is 5.56 Å². The number of likely N-dealkylation sites (tertiary alicyclic amines) is 1. The molecule has 0 spiro atoms. The van der Waals surface area contributed by atoms with E-state index >= 15 is 0 Å². The summed E-state index contributed by atoms with van der Waals surface area (Å²) in [4.78, 5) is 35.3. The lowest BCUT2D eigenvalue weighted by Crippen LogP contribution is -2.41. The molecule has 1 aromatic carbocycles. The molecule has 0 N–H and O–H groups in total. The molecule has 144 valence electrons. The van der Waals surface area contributed by atoms with Crippen molar-refractivity contribution in [2.24, 2.45) is 5.92 Å². The van der Waals surface area contributed by atoms with E-state index in [1.807, 2.05) is 11.0 Å². The van der Waals surface area contributed by atoms with Gasteiger partial charge in [-0.1, -0.05) is 41.9 Å². The maximum Gasteiger partial charge on any atom is 0.261 e. The SMILES string of the molecule is O=C(Cn1cnc2cnc(Cl)cc2c1=O)N1CCC(Cc2ccccc2)CC1. The summed E-state index contributed by atoms with van der Waals surface area (Å²) in [7, 11) is 0. The minimum Gasteiger partial charge on any atom is -0.341 e. The molecule has 0 bridgehead atoms. The normalized spacial score (nSPS) is 15.1. The Morgan fingerprint density at radius 2 is 1.89 bits per heavy atom. The average molecular weight is 397 g/mol. The van der Waals surface area contributed by atoms with Crippen LogP contribution in [0.2, 0.25) is 5.15 Å². The Morgan fingerprint density at radius 3 is 2.64 bits per heavy atom. The fraction of sp³-hybridized carbons (Fsp3) is 0.333.